The highest BCUT2D eigenvalue weighted by Crippen LogP contribution is 2.21. The first-order valence-electron chi connectivity index (χ1n) is 14.8. The molecule has 0 aliphatic carbocycles. The molecule has 5 rings (SSSR count). The van der Waals surface area contributed by atoms with Crippen molar-refractivity contribution in [3.8, 4) is 5.75 Å². The fraction of sp³-hybridized carbons (Fsp3) is 0.265. The summed E-state index contributed by atoms with van der Waals surface area (Å²) in [5, 5.41) is 2.93. The van der Waals surface area contributed by atoms with Gasteiger partial charge in [-0.15, -0.1) is 0 Å². The number of rotatable bonds is 13. The maximum absolute atomic E-state index is 13.9. The molecule has 1 N–H and O–H groups in total. The Morgan fingerprint density at radius 2 is 1.61 bits per heavy atom. The summed E-state index contributed by atoms with van der Waals surface area (Å²) in [7, 11) is -3.69. The van der Waals surface area contributed by atoms with Crippen LogP contribution in [-0.4, -0.2) is 73.4 Å². The van der Waals surface area contributed by atoms with Crippen molar-refractivity contribution >= 4 is 21.8 Å². The quantitative estimate of drug-likeness (QED) is 0.236. The first-order valence-corrected chi connectivity index (χ1v) is 16.3. The zero-order chi connectivity index (χ0) is 32.4. The lowest BCUT2D eigenvalue weighted by Gasteiger charge is -2.31. The number of sulfonamides is 1. The lowest BCUT2D eigenvalue weighted by molar-refractivity contribution is -0.142. The van der Waals surface area contributed by atoms with E-state index in [4.69, 9.17) is 9.47 Å². The summed E-state index contributed by atoms with van der Waals surface area (Å²) < 4.78 is 52.1. The van der Waals surface area contributed by atoms with Crippen LogP contribution in [0.3, 0.4) is 0 Å². The first-order chi connectivity index (χ1) is 22.3. The number of pyridine rings is 1. The van der Waals surface area contributed by atoms with E-state index in [0.717, 1.165) is 11.1 Å². The van der Waals surface area contributed by atoms with Gasteiger partial charge < -0.3 is 19.7 Å². The van der Waals surface area contributed by atoms with E-state index in [0.29, 0.717) is 18.8 Å². The monoisotopic (exact) mass is 646 g/mol. The predicted octanol–water partition coefficient (Wildman–Crippen LogP) is 3.58. The maximum Gasteiger partial charge on any atom is 0.261 e. The standard InChI is InChI=1S/C34H35FN4O6S/c35-29-10-8-27(9-11-29)24-39(32(21-26-5-2-1-3-6-26)34(41)37-23-28-7-4-16-36-22-28)33(40)25-45-30-12-14-31(15-13-30)46(42,43)38-17-19-44-20-18-38/h1-16,22,32H,17-21,23-25H2,(H,37,41)/t32-/m0/s1. The van der Waals surface area contributed by atoms with Crippen LogP contribution in [0.15, 0.2) is 108 Å². The SMILES string of the molecule is O=C(NCc1cccnc1)[C@H](Cc1ccccc1)N(Cc1ccc(F)cc1)C(=O)COc1ccc(S(=O)(=O)N2CCOCC2)cc1. The maximum atomic E-state index is 13.9. The highest BCUT2D eigenvalue weighted by atomic mass is 32.2. The molecule has 3 aromatic carbocycles. The van der Waals surface area contributed by atoms with Gasteiger partial charge >= 0.3 is 0 Å². The third kappa shape index (κ3) is 8.75. The number of amides is 2. The van der Waals surface area contributed by atoms with E-state index in [1.165, 1.54) is 45.6 Å². The molecule has 1 atom stereocenters. The second kappa shape index (κ2) is 15.6. The number of carbonyl (C=O) groups is 2. The summed E-state index contributed by atoms with van der Waals surface area (Å²) in [4.78, 5) is 33.2. The molecule has 0 bridgehead atoms. The van der Waals surface area contributed by atoms with Gasteiger partial charge in [0.15, 0.2) is 6.61 Å². The van der Waals surface area contributed by atoms with Gasteiger partial charge in [-0.3, -0.25) is 14.6 Å². The molecule has 0 radical (unpaired) electrons. The number of nitrogens with zero attached hydrogens (tertiary/aromatic N) is 3. The third-order valence-electron chi connectivity index (χ3n) is 7.52. The lowest BCUT2D eigenvalue weighted by atomic mass is 10.0. The predicted molar refractivity (Wildman–Crippen MR) is 168 cm³/mol. The van der Waals surface area contributed by atoms with Crippen molar-refractivity contribution in [2.45, 2.75) is 30.4 Å². The Morgan fingerprint density at radius 1 is 0.913 bits per heavy atom. The fourth-order valence-corrected chi connectivity index (χ4v) is 6.43. The number of benzene rings is 3. The van der Waals surface area contributed by atoms with E-state index < -0.39 is 34.4 Å². The molecule has 4 aromatic rings. The Morgan fingerprint density at radius 3 is 2.28 bits per heavy atom. The molecule has 0 unspecified atom stereocenters. The summed E-state index contributed by atoms with van der Waals surface area (Å²) in [6.45, 7) is 1.05. The van der Waals surface area contributed by atoms with E-state index in [2.05, 4.69) is 10.3 Å². The summed E-state index contributed by atoms with van der Waals surface area (Å²) >= 11 is 0. The molecule has 12 heteroatoms. The molecular weight excluding hydrogens is 611 g/mol. The molecular formula is C34H35FN4O6S. The summed E-state index contributed by atoms with van der Waals surface area (Å²) in [6.07, 6.45) is 3.52. The molecule has 1 aromatic heterocycles. The largest absolute Gasteiger partial charge is 0.484 e. The Bertz CT molecular complexity index is 1690. The van der Waals surface area contributed by atoms with Gasteiger partial charge in [-0.2, -0.15) is 4.31 Å². The number of halogens is 1. The van der Waals surface area contributed by atoms with Crippen LogP contribution in [0.5, 0.6) is 5.75 Å². The number of carbonyl (C=O) groups excluding carboxylic acids is 2. The van der Waals surface area contributed by atoms with Crippen molar-refractivity contribution in [1.29, 1.82) is 0 Å². The van der Waals surface area contributed by atoms with Crippen molar-refractivity contribution in [1.82, 2.24) is 19.5 Å². The molecule has 2 amide bonds. The lowest BCUT2D eigenvalue weighted by Crippen LogP contribution is -2.51. The minimum Gasteiger partial charge on any atom is -0.484 e. The number of aromatic nitrogens is 1. The second-order valence-electron chi connectivity index (χ2n) is 10.7. The molecule has 1 saturated heterocycles. The Labute approximate surface area is 267 Å². The molecule has 1 fully saturated rings. The molecule has 10 nitrogen and oxygen atoms in total. The number of hydrogen-bond acceptors (Lipinski definition) is 7. The van der Waals surface area contributed by atoms with Crippen LogP contribution in [0.1, 0.15) is 16.7 Å². The minimum absolute atomic E-state index is 0.0248. The van der Waals surface area contributed by atoms with Gasteiger partial charge in [0, 0.05) is 45.0 Å². The number of ether oxygens (including phenoxy) is 2. The van der Waals surface area contributed by atoms with E-state index in [-0.39, 0.29) is 49.2 Å². The summed E-state index contributed by atoms with van der Waals surface area (Å²) in [5.74, 6) is -0.983. The molecule has 0 spiro atoms. The van der Waals surface area contributed by atoms with Crippen LogP contribution in [0.4, 0.5) is 4.39 Å². The van der Waals surface area contributed by atoms with Gasteiger partial charge in [0.05, 0.1) is 18.1 Å². The van der Waals surface area contributed by atoms with Crippen LogP contribution in [-0.2, 0) is 43.9 Å². The average molecular weight is 647 g/mol. The molecule has 2 heterocycles. The number of nitrogens with one attached hydrogen (secondary N) is 1. The molecule has 240 valence electrons. The topological polar surface area (TPSA) is 118 Å². The summed E-state index contributed by atoms with van der Waals surface area (Å²) in [6, 6.07) is 23.6. The van der Waals surface area contributed by atoms with Crippen molar-refractivity contribution in [2.24, 2.45) is 0 Å². The van der Waals surface area contributed by atoms with Crippen LogP contribution < -0.4 is 10.1 Å². The van der Waals surface area contributed by atoms with Crippen LogP contribution >= 0.6 is 0 Å². The van der Waals surface area contributed by atoms with Gasteiger partial charge in [-0.25, -0.2) is 12.8 Å². The smallest absolute Gasteiger partial charge is 0.261 e. The zero-order valence-electron chi connectivity index (χ0n) is 25.1. The summed E-state index contributed by atoms with van der Waals surface area (Å²) in [5.41, 5.74) is 2.28. The highest BCUT2D eigenvalue weighted by molar-refractivity contribution is 7.89. The molecule has 1 aliphatic heterocycles. The molecule has 46 heavy (non-hydrogen) atoms. The van der Waals surface area contributed by atoms with Crippen LogP contribution in [0, 0.1) is 5.82 Å². The molecule has 0 saturated carbocycles. The molecule has 1 aliphatic rings. The van der Waals surface area contributed by atoms with Crippen molar-refractivity contribution in [3.05, 3.63) is 126 Å². The van der Waals surface area contributed by atoms with E-state index in [9.17, 15) is 22.4 Å². The van der Waals surface area contributed by atoms with Crippen LogP contribution in [0.2, 0.25) is 0 Å². The van der Waals surface area contributed by atoms with Crippen molar-refractivity contribution < 1.29 is 31.9 Å². The Hall–Kier alpha value is -4.65. The van der Waals surface area contributed by atoms with E-state index in [1.54, 1.807) is 30.6 Å². The van der Waals surface area contributed by atoms with E-state index in [1.807, 2.05) is 36.4 Å². The Balaban J connectivity index is 1.35. The average Bonchev–Trinajstić information content (AvgIpc) is 3.10. The highest BCUT2D eigenvalue weighted by Gasteiger charge is 2.31. The minimum atomic E-state index is -3.69. The van der Waals surface area contributed by atoms with Gasteiger partial charge in [-0.1, -0.05) is 48.5 Å². The van der Waals surface area contributed by atoms with Gasteiger partial charge in [-0.05, 0) is 59.2 Å². The normalized spacial score (nSPS) is 14.3. The fourth-order valence-electron chi connectivity index (χ4n) is 5.02. The van der Waals surface area contributed by atoms with Crippen LogP contribution in [0.25, 0.3) is 0 Å². The second-order valence-corrected chi connectivity index (χ2v) is 12.6. The van der Waals surface area contributed by atoms with E-state index >= 15 is 0 Å². The number of morpholine rings is 1. The Kier molecular flexibility index (Phi) is 11.1. The third-order valence-corrected chi connectivity index (χ3v) is 9.43. The first kappa shape index (κ1) is 32.7. The van der Waals surface area contributed by atoms with Crippen molar-refractivity contribution in [2.75, 3.05) is 32.9 Å². The van der Waals surface area contributed by atoms with Gasteiger partial charge in [0.2, 0.25) is 15.9 Å². The zero-order valence-corrected chi connectivity index (χ0v) is 25.9. The number of hydrogen-bond donors (Lipinski definition) is 1. The van der Waals surface area contributed by atoms with Gasteiger partial charge in [0.1, 0.15) is 17.6 Å². The van der Waals surface area contributed by atoms with Gasteiger partial charge in [0.25, 0.3) is 5.91 Å². The van der Waals surface area contributed by atoms with Crippen molar-refractivity contribution in [3.63, 3.8) is 0 Å².